The van der Waals surface area contributed by atoms with Crippen LogP contribution in [0.5, 0.6) is 0 Å². The van der Waals surface area contributed by atoms with Crippen LogP contribution in [0.4, 0.5) is 0 Å². The van der Waals surface area contributed by atoms with E-state index in [-0.39, 0.29) is 11.5 Å². The predicted octanol–water partition coefficient (Wildman–Crippen LogP) is 2.03. The topological polar surface area (TPSA) is 72.6 Å². The van der Waals surface area contributed by atoms with Crippen molar-refractivity contribution >= 4 is 17.1 Å². The fraction of sp³-hybridized carbons (Fsp3) is 0.333. The average Bonchev–Trinajstić information content (AvgIpc) is 2.96. The number of ether oxygens (including phenoxy) is 1. The molecule has 5 nitrogen and oxygen atoms in total. The van der Waals surface area contributed by atoms with E-state index >= 15 is 0 Å². The summed E-state index contributed by atoms with van der Waals surface area (Å²) >= 11 is 0. The molecular formula is C12H11NO4. The van der Waals surface area contributed by atoms with Crippen molar-refractivity contribution in [2.75, 3.05) is 13.2 Å². The predicted molar refractivity (Wildman–Crippen MR) is 59.1 cm³/mol. The van der Waals surface area contributed by atoms with Crippen molar-refractivity contribution < 1.29 is 19.1 Å². The Balaban J connectivity index is 2.11. The highest BCUT2D eigenvalue weighted by Crippen LogP contribution is 2.28. The third-order valence-corrected chi connectivity index (χ3v) is 2.94. The van der Waals surface area contributed by atoms with Crippen molar-refractivity contribution in [2.45, 2.75) is 12.3 Å². The molecule has 1 unspecified atom stereocenters. The summed E-state index contributed by atoms with van der Waals surface area (Å²) < 4.78 is 10.9. The quantitative estimate of drug-likeness (QED) is 0.859. The molecule has 3 rings (SSSR count). The molecule has 2 heterocycles. The Morgan fingerprint density at radius 3 is 3.06 bits per heavy atom. The average molecular weight is 233 g/mol. The second kappa shape index (κ2) is 3.85. The monoisotopic (exact) mass is 233 g/mol. The van der Waals surface area contributed by atoms with Gasteiger partial charge in [-0.25, -0.2) is 9.78 Å². The summed E-state index contributed by atoms with van der Waals surface area (Å²) in [7, 11) is 0. The molecule has 5 heteroatoms. The van der Waals surface area contributed by atoms with Gasteiger partial charge in [-0.2, -0.15) is 0 Å². The molecule has 0 bridgehead atoms. The summed E-state index contributed by atoms with van der Waals surface area (Å²) in [5.41, 5.74) is 1.12. The lowest BCUT2D eigenvalue weighted by Gasteiger charge is -1.98. The van der Waals surface area contributed by atoms with Crippen molar-refractivity contribution in [3.05, 3.63) is 29.7 Å². The number of carboxylic acid groups (broad SMARTS) is 1. The number of hydrogen-bond acceptors (Lipinski definition) is 4. The van der Waals surface area contributed by atoms with E-state index in [1.54, 1.807) is 12.1 Å². The zero-order valence-corrected chi connectivity index (χ0v) is 9.05. The number of aromatic carboxylic acids is 1. The van der Waals surface area contributed by atoms with Gasteiger partial charge in [-0.3, -0.25) is 0 Å². The highest BCUT2D eigenvalue weighted by molar-refractivity contribution is 6.00. The van der Waals surface area contributed by atoms with Gasteiger partial charge >= 0.3 is 5.97 Å². The molecule has 88 valence electrons. The second-order valence-corrected chi connectivity index (χ2v) is 4.07. The van der Waals surface area contributed by atoms with E-state index in [9.17, 15) is 4.79 Å². The van der Waals surface area contributed by atoms with E-state index < -0.39 is 5.97 Å². The largest absolute Gasteiger partial charge is 0.478 e. The van der Waals surface area contributed by atoms with Gasteiger partial charge in [0, 0.05) is 6.61 Å². The number of oxazole rings is 1. The molecule has 1 saturated heterocycles. The number of para-hydroxylation sites is 1. The molecule has 1 aromatic carbocycles. The van der Waals surface area contributed by atoms with E-state index in [1.165, 1.54) is 6.07 Å². The highest BCUT2D eigenvalue weighted by Gasteiger charge is 2.24. The van der Waals surface area contributed by atoms with Crippen molar-refractivity contribution in [1.82, 2.24) is 4.98 Å². The van der Waals surface area contributed by atoms with Crippen LogP contribution in [-0.2, 0) is 4.74 Å². The maximum atomic E-state index is 11.0. The number of benzene rings is 1. The van der Waals surface area contributed by atoms with E-state index in [2.05, 4.69) is 4.98 Å². The Morgan fingerprint density at radius 1 is 1.47 bits per heavy atom. The third-order valence-electron chi connectivity index (χ3n) is 2.94. The van der Waals surface area contributed by atoms with Crippen LogP contribution in [0.2, 0.25) is 0 Å². The van der Waals surface area contributed by atoms with Crippen LogP contribution in [0.3, 0.4) is 0 Å². The minimum absolute atomic E-state index is 0.143. The van der Waals surface area contributed by atoms with Gasteiger partial charge in [0.2, 0.25) is 5.89 Å². The van der Waals surface area contributed by atoms with Gasteiger partial charge in [0.1, 0.15) is 5.52 Å². The number of carbonyl (C=O) groups is 1. The molecule has 0 radical (unpaired) electrons. The van der Waals surface area contributed by atoms with Crippen LogP contribution in [-0.4, -0.2) is 29.3 Å². The van der Waals surface area contributed by atoms with E-state index in [4.69, 9.17) is 14.3 Å². The van der Waals surface area contributed by atoms with Gasteiger partial charge in [0.25, 0.3) is 0 Å². The fourth-order valence-corrected chi connectivity index (χ4v) is 2.04. The van der Waals surface area contributed by atoms with E-state index in [0.717, 1.165) is 6.42 Å². The number of rotatable bonds is 2. The number of hydrogen-bond donors (Lipinski definition) is 1. The van der Waals surface area contributed by atoms with Crippen molar-refractivity contribution in [3.8, 4) is 0 Å². The zero-order chi connectivity index (χ0) is 11.8. The first-order chi connectivity index (χ1) is 8.25. The summed E-state index contributed by atoms with van der Waals surface area (Å²) in [5, 5.41) is 9.05. The molecule has 0 saturated carbocycles. The Hall–Kier alpha value is -1.88. The summed E-state index contributed by atoms with van der Waals surface area (Å²) in [4.78, 5) is 15.3. The molecule has 1 aliphatic heterocycles. The lowest BCUT2D eigenvalue weighted by Crippen LogP contribution is -1.99. The molecule has 1 fully saturated rings. The van der Waals surface area contributed by atoms with Gasteiger partial charge in [-0.1, -0.05) is 6.07 Å². The number of carboxylic acids is 1. The van der Waals surface area contributed by atoms with Gasteiger partial charge in [-0.05, 0) is 18.6 Å². The van der Waals surface area contributed by atoms with E-state index in [1.807, 2.05) is 0 Å². The molecule has 1 aliphatic rings. The van der Waals surface area contributed by atoms with Crippen molar-refractivity contribution in [2.24, 2.45) is 0 Å². The third kappa shape index (κ3) is 1.68. The summed E-state index contributed by atoms with van der Waals surface area (Å²) in [5.74, 6) is -0.270. The lowest BCUT2D eigenvalue weighted by atomic mass is 10.1. The molecule has 1 atom stereocenters. The van der Waals surface area contributed by atoms with Gasteiger partial charge in [0.15, 0.2) is 5.58 Å². The smallest absolute Gasteiger partial charge is 0.338 e. The Kier molecular flexibility index (Phi) is 2.33. The Morgan fingerprint density at radius 2 is 2.35 bits per heavy atom. The number of aromatic nitrogens is 1. The van der Waals surface area contributed by atoms with Crippen LogP contribution in [0.25, 0.3) is 11.1 Å². The van der Waals surface area contributed by atoms with Gasteiger partial charge in [-0.15, -0.1) is 0 Å². The van der Waals surface area contributed by atoms with E-state index in [0.29, 0.717) is 30.2 Å². The fourth-order valence-electron chi connectivity index (χ4n) is 2.04. The Labute approximate surface area is 97.0 Å². The van der Waals surface area contributed by atoms with Gasteiger partial charge in [0.05, 0.1) is 18.1 Å². The lowest BCUT2D eigenvalue weighted by molar-refractivity contribution is 0.0699. The minimum Gasteiger partial charge on any atom is -0.478 e. The number of fused-ring (bicyclic) bond motifs is 1. The first-order valence-corrected chi connectivity index (χ1v) is 5.46. The van der Waals surface area contributed by atoms with Crippen molar-refractivity contribution in [3.63, 3.8) is 0 Å². The maximum Gasteiger partial charge on any atom is 0.338 e. The molecule has 1 aromatic heterocycles. The minimum atomic E-state index is -0.988. The zero-order valence-electron chi connectivity index (χ0n) is 9.05. The summed E-state index contributed by atoms with van der Waals surface area (Å²) in [6.45, 7) is 1.30. The van der Waals surface area contributed by atoms with Crippen molar-refractivity contribution in [1.29, 1.82) is 0 Å². The molecule has 0 aliphatic carbocycles. The SMILES string of the molecule is O=C(O)c1cccc2oc(C3CCOC3)nc12. The molecular weight excluding hydrogens is 222 g/mol. The standard InChI is InChI=1S/C12H11NO4/c14-12(15)8-2-1-3-9-10(8)13-11(17-9)7-4-5-16-6-7/h1-3,7H,4-6H2,(H,14,15). The molecule has 0 spiro atoms. The summed E-state index contributed by atoms with van der Waals surface area (Å²) in [6.07, 6.45) is 0.870. The van der Waals surface area contributed by atoms with Crippen LogP contribution >= 0.6 is 0 Å². The first kappa shape index (κ1) is 10.3. The van der Waals surface area contributed by atoms with Crippen LogP contribution in [0, 0.1) is 0 Å². The molecule has 1 N–H and O–H groups in total. The summed E-state index contributed by atoms with van der Waals surface area (Å²) in [6, 6.07) is 4.92. The molecule has 17 heavy (non-hydrogen) atoms. The van der Waals surface area contributed by atoms with Crippen LogP contribution < -0.4 is 0 Å². The highest BCUT2D eigenvalue weighted by atomic mass is 16.5. The van der Waals surface area contributed by atoms with Crippen LogP contribution in [0.15, 0.2) is 22.6 Å². The van der Waals surface area contributed by atoms with Crippen LogP contribution in [0.1, 0.15) is 28.6 Å². The maximum absolute atomic E-state index is 11.0. The number of nitrogens with zero attached hydrogens (tertiary/aromatic N) is 1. The normalized spacial score (nSPS) is 19.9. The molecule has 2 aromatic rings. The second-order valence-electron chi connectivity index (χ2n) is 4.07. The van der Waals surface area contributed by atoms with Gasteiger partial charge < -0.3 is 14.3 Å². The first-order valence-electron chi connectivity index (χ1n) is 5.46. The molecule has 0 amide bonds. The Bertz CT molecular complexity index is 569.